The summed E-state index contributed by atoms with van der Waals surface area (Å²) >= 11 is 0. The molecule has 2 aromatic carbocycles. The molecule has 0 bridgehead atoms. The highest BCUT2D eigenvalue weighted by Crippen LogP contribution is 2.24. The second-order valence-corrected chi connectivity index (χ2v) is 6.52. The standard InChI is InChI=1S/C22H17F2N3O3/c23-16-4-7-18(19(24)12-16)20-13-25-21(30-20)8-9-22(28)29-14-15-2-5-17(6-3-15)27-11-1-10-26-27/h1-7,10-13H,8-9,14H2. The predicted octanol–water partition coefficient (Wildman–Crippen LogP) is 4.48. The van der Waals surface area contributed by atoms with Crippen molar-refractivity contribution in [3.05, 3.63) is 90.2 Å². The van der Waals surface area contributed by atoms with Gasteiger partial charge in [-0.1, -0.05) is 12.1 Å². The van der Waals surface area contributed by atoms with Crippen LogP contribution in [0.25, 0.3) is 17.0 Å². The van der Waals surface area contributed by atoms with Crippen LogP contribution in [0.2, 0.25) is 0 Å². The molecule has 2 heterocycles. The molecule has 6 nitrogen and oxygen atoms in total. The number of aryl methyl sites for hydroxylation is 1. The summed E-state index contributed by atoms with van der Waals surface area (Å²) in [6, 6.07) is 12.5. The molecule has 0 fully saturated rings. The average Bonchev–Trinajstić information content (AvgIpc) is 3.43. The van der Waals surface area contributed by atoms with Gasteiger partial charge in [0.05, 0.1) is 23.9 Å². The van der Waals surface area contributed by atoms with E-state index in [0.29, 0.717) is 0 Å². The fourth-order valence-corrected chi connectivity index (χ4v) is 2.85. The third-order valence-electron chi connectivity index (χ3n) is 4.40. The van der Waals surface area contributed by atoms with Crippen LogP contribution in [0.1, 0.15) is 17.9 Å². The first-order chi connectivity index (χ1) is 14.6. The van der Waals surface area contributed by atoms with E-state index in [-0.39, 0.29) is 36.7 Å². The van der Waals surface area contributed by atoms with E-state index in [4.69, 9.17) is 9.15 Å². The Morgan fingerprint density at radius 1 is 1.13 bits per heavy atom. The van der Waals surface area contributed by atoms with Crippen molar-refractivity contribution in [2.45, 2.75) is 19.4 Å². The van der Waals surface area contributed by atoms with Gasteiger partial charge in [-0.3, -0.25) is 4.79 Å². The van der Waals surface area contributed by atoms with Crippen LogP contribution in [0, 0.1) is 11.6 Å². The Balaban J connectivity index is 1.27. The number of rotatable bonds is 7. The van der Waals surface area contributed by atoms with Crippen LogP contribution in [0.15, 0.2) is 71.5 Å². The molecular formula is C22H17F2N3O3. The maximum absolute atomic E-state index is 13.8. The van der Waals surface area contributed by atoms with E-state index in [1.54, 1.807) is 10.9 Å². The molecule has 0 aliphatic carbocycles. The van der Waals surface area contributed by atoms with Crippen molar-refractivity contribution < 1.29 is 22.7 Å². The molecule has 2 aromatic heterocycles. The molecule has 152 valence electrons. The van der Waals surface area contributed by atoms with E-state index < -0.39 is 17.6 Å². The number of benzene rings is 2. The summed E-state index contributed by atoms with van der Waals surface area (Å²) in [5, 5.41) is 4.15. The summed E-state index contributed by atoms with van der Waals surface area (Å²) in [6.07, 6.45) is 5.16. The Labute approximate surface area is 170 Å². The largest absolute Gasteiger partial charge is 0.461 e. The second kappa shape index (κ2) is 8.69. The minimum Gasteiger partial charge on any atom is -0.461 e. The lowest BCUT2D eigenvalue weighted by Gasteiger charge is -2.06. The third kappa shape index (κ3) is 4.60. The molecule has 0 N–H and O–H groups in total. The zero-order valence-corrected chi connectivity index (χ0v) is 15.8. The summed E-state index contributed by atoms with van der Waals surface area (Å²) in [5.74, 6) is -1.37. The van der Waals surface area contributed by atoms with Crippen LogP contribution in [0.4, 0.5) is 8.78 Å². The number of aromatic nitrogens is 3. The smallest absolute Gasteiger partial charge is 0.306 e. The van der Waals surface area contributed by atoms with Crippen molar-refractivity contribution in [1.29, 1.82) is 0 Å². The lowest BCUT2D eigenvalue weighted by molar-refractivity contribution is -0.145. The molecule has 0 unspecified atom stereocenters. The molecule has 0 radical (unpaired) electrons. The van der Waals surface area contributed by atoms with Crippen LogP contribution < -0.4 is 0 Å². The predicted molar refractivity (Wildman–Crippen MR) is 104 cm³/mol. The monoisotopic (exact) mass is 409 g/mol. The van der Waals surface area contributed by atoms with Crippen LogP contribution >= 0.6 is 0 Å². The molecule has 0 amide bonds. The van der Waals surface area contributed by atoms with Crippen LogP contribution in [-0.2, 0) is 22.6 Å². The molecule has 30 heavy (non-hydrogen) atoms. The van der Waals surface area contributed by atoms with Gasteiger partial charge in [0.2, 0.25) is 0 Å². The number of hydrogen-bond acceptors (Lipinski definition) is 5. The van der Waals surface area contributed by atoms with Gasteiger partial charge in [-0.05, 0) is 35.9 Å². The molecule has 0 saturated carbocycles. The van der Waals surface area contributed by atoms with Crippen molar-refractivity contribution in [1.82, 2.24) is 14.8 Å². The lowest BCUT2D eigenvalue weighted by Crippen LogP contribution is -2.06. The first-order valence-corrected chi connectivity index (χ1v) is 9.23. The van der Waals surface area contributed by atoms with Crippen molar-refractivity contribution >= 4 is 5.97 Å². The topological polar surface area (TPSA) is 70.2 Å². The number of halogens is 2. The van der Waals surface area contributed by atoms with Gasteiger partial charge in [0.1, 0.15) is 18.2 Å². The van der Waals surface area contributed by atoms with Gasteiger partial charge in [0.15, 0.2) is 11.7 Å². The van der Waals surface area contributed by atoms with Crippen molar-refractivity contribution in [3.63, 3.8) is 0 Å². The van der Waals surface area contributed by atoms with Crippen LogP contribution in [0.3, 0.4) is 0 Å². The maximum Gasteiger partial charge on any atom is 0.306 e. The fourth-order valence-electron chi connectivity index (χ4n) is 2.85. The Kier molecular flexibility index (Phi) is 5.65. The van der Waals surface area contributed by atoms with E-state index in [2.05, 4.69) is 10.1 Å². The summed E-state index contributed by atoms with van der Waals surface area (Å²) < 4.78 is 39.3. The number of hydrogen-bond donors (Lipinski definition) is 0. The number of oxazole rings is 1. The average molecular weight is 409 g/mol. The molecule has 8 heteroatoms. The van der Waals surface area contributed by atoms with Crippen molar-refractivity contribution in [3.8, 4) is 17.0 Å². The zero-order valence-electron chi connectivity index (χ0n) is 15.8. The molecule has 0 atom stereocenters. The van der Waals surface area contributed by atoms with Gasteiger partial charge in [0.25, 0.3) is 0 Å². The van der Waals surface area contributed by atoms with E-state index in [0.717, 1.165) is 23.4 Å². The summed E-state index contributed by atoms with van der Waals surface area (Å²) in [6.45, 7) is 0.149. The number of esters is 1. The van der Waals surface area contributed by atoms with E-state index in [1.807, 2.05) is 36.5 Å². The molecule has 4 rings (SSSR count). The Hall–Kier alpha value is -3.81. The SMILES string of the molecule is O=C(CCc1ncc(-c2ccc(F)cc2F)o1)OCc1ccc(-n2cccn2)cc1. The maximum atomic E-state index is 13.8. The quantitative estimate of drug-likeness (QED) is 0.421. The van der Waals surface area contributed by atoms with Gasteiger partial charge < -0.3 is 9.15 Å². The lowest BCUT2D eigenvalue weighted by atomic mass is 10.2. The number of carbonyl (C=O) groups is 1. The van der Waals surface area contributed by atoms with Crippen molar-refractivity contribution in [2.75, 3.05) is 0 Å². The van der Waals surface area contributed by atoms with E-state index in [9.17, 15) is 13.6 Å². The van der Waals surface area contributed by atoms with Gasteiger partial charge in [-0.2, -0.15) is 5.10 Å². The molecule has 0 spiro atoms. The first-order valence-electron chi connectivity index (χ1n) is 9.23. The summed E-state index contributed by atoms with van der Waals surface area (Å²) in [4.78, 5) is 16.0. The molecule has 0 aliphatic heterocycles. The highest BCUT2D eigenvalue weighted by molar-refractivity contribution is 5.69. The third-order valence-corrected chi connectivity index (χ3v) is 4.40. The molecule has 4 aromatic rings. The Morgan fingerprint density at radius 3 is 2.70 bits per heavy atom. The summed E-state index contributed by atoms with van der Waals surface area (Å²) in [7, 11) is 0. The Bertz CT molecular complexity index is 1140. The van der Waals surface area contributed by atoms with E-state index in [1.165, 1.54) is 12.3 Å². The van der Waals surface area contributed by atoms with Gasteiger partial charge in [-0.15, -0.1) is 0 Å². The minimum absolute atomic E-state index is 0.0667. The summed E-state index contributed by atoms with van der Waals surface area (Å²) in [5.41, 5.74) is 1.87. The number of ether oxygens (including phenoxy) is 1. The number of carbonyl (C=O) groups excluding carboxylic acids is 1. The highest BCUT2D eigenvalue weighted by Gasteiger charge is 2.13. The van der Waals surface area contributed by atoms with Crippen LogP contribution in [0.5, 0.6) is 0 Å². The van der Waals surface area contributed by atoms with Gasteiger partial charge >= 0.3 is 5.97 Å². The zero-order chi connectivity index (χ0) is 20.9. The normalized spacial score (nSPS) is 10.9. The number of nitrogens with zero attached hydrogens (tertiary/aromatic N) is 3. The van der Waals surface area contributed by atoms with Crippen molar-refractivity contribution in [2.24, 2.45) is 0 Å². The van der Waals surface area contributed by atoms with E-state index >= 15 is 0 Å². The fraction of sp³-hybridized carbons (Fsp3) is 0.136. The first kappa shape index (κ1) is 19.5. The minimum atomic E-state index is -0.740. The van der Waals surface area contributed by atoms with Gasteiger partial charge in [-0.25, -0.2) is 18.4 Å². The molecule has 0 aliphatic rings. The van der Waals surface area contributed by atoms with Gasteiger partial charge in [0, 0.05) is 24.9 Å². The van der Waals surface area contributed by atoms with Crippen LogP contribution in [-0.4, -0.2) is 20.7 Å². The Morgan fingerprint density at radius 2 is 1.97 bits per heavy atom. The second-order valence-electron chi connectivity index (χ2n) is 6.52. The molecule has 0 saturated heterocycles. The highest BCUT2D eigenvalue weighted by atomic mass is 19.1. The molecular weight excluding hydrogens is 392 g/mol.